The summed E-state index contributed by atoms with van der Waals surface area (Å²) in [6.07, 6.45) is 3.13. The minimum Gasteiger partial charge on any atom is -0.507 e. The van der Waals surface area contributed by atoms with E-state index in [-0.39, 0.29) is 58.9 Å². The largest absolute Gasteiger partial charge is 0.507 e. The van der Waals surface area contributed by atoms with Crippen LogP contribution in [0.3, 0.4) is 0 Å². The first-order valence-corrected chi connectivity index (χ1v) is 17.9. The molecule has 0 saturated heterocycles. The Morgan fingerprint density at radius 3 is 1.56 bits per heavy atom. The Hall–Kier alpha value is -3.02. The van der Waals surface area contributed by atoms with Gasteiger partial charge in [-0.3, -0.25) is 9.59 Å². The normalized spacial score (nSPS) is 13.2. The monoisotopic (exact) mass is 622 g/mol. The second kappa shape index (κ2) is 16.7. The first-order valence-electron chi connectivity index (χ1n) is 15.0. The smallest absolute Gasteiger partial charge is 0.350 e. The van der Waals surface area contributed by atoms with Crippen LogP contribution in [0.1, 0.15) is 131 Å². The molecule has 3 N–H and O–H groups in total. The molecule has 10 nitrogen and oxygen atoms in total. The molecular weight excluding hydrogens is 572 g/mol. The van der Waals surface area contributed by atoms with E-state index in [1.165, 1.54) is 12.1 Å². The van der Waals surface area contributed by atoms with Gasteiger partial charge >= 0.3 is 11.3 Å². The van der Waals surface area contributed by atoms with E-state index in [1.807, 2.05) is 13.8 Å². The van der Waals surface area contributed by atoms with Crippen molar-refractivity contribution in [3.05, 3.63) is 55.6 Å². The quantitative estimate of drug-likeness (QED) is 0.118. The minimum absolute atomic E-state index is 0.0348. The van der Waals surface area contributed by atoms with Gasteiger partial charge in [-0.2, -0.15) is 0 Å². The van der Waals surface area contributed by atoms with Crippen molar-refractivity contribution >= 4 is 19.9 Å². The molecule has 2 aromatic rings. The SMILES string of the molecule is CCC(=O)c1c(O)cc(C(C)CCCO)oc1=O.CCC(=O)c1c(O)cc(C(C)CCCO[Si](C)(C)C(C)(C)C)oc1=O. The van der Waals surface area contributed by atoms with E-state index in [0.29, 0.717) is 31.0 Å². The number of Topliss-reactive ketones (excluding diaryl/α,β-unsaturated/α-hetero) is 2. The number of ketones is 2. The average Bonchev–Trinajstić information content (AvgIpc) is 2.92. The molecule has 0 amide bonds. The summed E-state index contributed by atoms with van der Waals surface area (Å²) < 4.78 is 16.5. The van der Waals surface area contributed by atoms with Crippen LogP contribution < -0.4 is 11.3 Å². The third kappa shape index (κ3) is 10.9. The lowest BCUT2D eigenvalue weighted by Gasteiger charge is -2.36. The Bertz CT molecular complexity index is 1330. The van der Waals surface area contributed by atoms with Crippen molar-refractivity contribution in [3.8, 4) is 11.5 Å². The van der Waals surface area contributed by atoms with Gasteiger partial charge in [-0.25, -0.2) is 9.59 Å². The van der Waals surface area contributed by atoms with Crippen LogP contribution in [0, 0.1) is 0 Å². The molecule has 0 aliphatic rings. The van der Waals surface area contributed by atoms with Crippen LogP contribution in [-0.4, -0.2) is 48.4 Å². The summed E-state index contributed by atoms with van der Waals surface area (Å²) in [6, 6.07) is 2.70. The number of carbonyl (C=O) groups excluding carboxylic acids is 2. The average molecular weight is 623 g/mol. The lowest BCUT2D eigenvalue weighted by Crippen LogP contribution is -2.41. The Morgan fingerprint density at radius 2 is 1.23 bits per heavy atom. The molecular formula is C32H50O10Si. The lowest BCUT2D eigenvalue weighted by molar-refractivity contribution is 0.0972. The molecule has 0 saturated carbocycles. The first kappa shape index (κ1) is 38.0. The third-order valence-electron chi connectivity index (χ3n) is 7.92. The van der Waals surface area contributed by atoms with Crippen molar-refractivity contribution in [3.63, 3.8) is 0 Å². The van der Waals surface area contributed by atoms with Gasteiger partial charge in [0, 0.05) is 50.0 Å². The predicted molar refractivity (Wildman–Crippen MR) is 168 cm³/mol. The number of carbonyl (C=O) groups is 2. The summed E-state index contributed by atoms with van der Waals surface area (Å²) in [6.45, 7) is 18.8. The van der Waals surface area contributed by atoms with Gasteiger partial charge in [-0.15, -0.1) is 0 Å². The Morgan fingerprint density at radius 1 is 0.837 bits per heavy atom. The fraction of sp³-hybridized carbons (Fsp3) is 0.625. The standard InChI is InChI=1S/C19H32O5Si.C13H18O5/c1-8-14(20)17-15(21)12-16(24-18(17)22)13(2)10-9-11-23-25(6,7)19(3,4)5;1-3-9(15)12-10(16)7-11(18-13(12)17)8(2)5-4-6-14/h12-13,21H,8-11H2,1-7H3;7-8,14,16H,3-6H2,1-2H3. The van der Waals surface area contributed by atoms with Gasteiger partial charge in [0.2, 0.25) is 0 Å². The summed E-state index contributed by atoms with van der Waals surface area (Å²) in [5.74, 6) is -0.856. The summed E-state index contributed by atoms with van der Waals surface area (Å²) in [5, 5.41) is 28.6. The molecule has 0 aromatic carbocycles. The van der Waals surface area contributed by atoms with Gasteiger partial charge in [0.15, 0.2) is 19.9 Å². The third-order valence-corrected chi connectivity index (χ3v) is 12.5. The van der Waals surface area contributed by atoms with Crippen LogP contribution in [0.4, 0.5) is 0 Å². The highest BCUT2D eigenvalue weighted by Gasteiger charge is 2.36. The number of aliphatic hydroxyl groups is 1. The molecule has 2 rings (SSSR count). The van der Waals surface area contributed by atoms with Crippen LogP contribution in [0.2, 0.25) is 18.1 Å². The molecule has 2 aromatic heterocycles. The van der Waals surface area contributed by atoms with E-state index in [2.05, 4.69) is 33.9 Å². The zero-order chi connectivity index (χ0) is 33.1. The first-order chi connectivity index (χ1) is 19.9. The molecule has 0 aliphatic heterocycles. The molecule has 11 heteroatoms. The maximum absolute atomic E-state index is 12.0. The second-order valence-electron chi connectivity index (χ2n) is 12.4. The van der Waals surface area contributed by atoms with Crippen molar-refractivity contribution in [1.82, 2.24) is 0 Å². The summed E-state index contributed by atoms with van der Waals surface area (Å²) in [5.41, 5.74) is -2.09. The number of rotatable bonds is 14. The minimum atomic E-state index is -1.75. The molecule has 43 heavy (non-hydrogen) atoms. The number of aromatic hydroxyl groups is 2. The topological polar surface area (TPSA) is 164 Å². The Kier molecular flexibility index (Phi) is 14.8. The molecule has 0 fully saturated rings. The van der Waals surface area contributed by atoms with E-state index >= 15 is 0 Å². The van der Waals surface area contributed by atoms with E-state index < -0.39 is 31.1 Å². The van der Waals surface area contributed by atoms with Gasteiger partial charge in [-0.1, -0.05) is 48.5 Å². The molecule has 242 valence electrons. The van der Waals surface area contributed by atoms with Gasteiger partial charge in [0.25, 0.3) is 0 Å². The van der Waals surface area contributed by atoms with Crippen LogP contribution in [0.5, 0.6) is 11.5 Å². The zero-order valence-corrected chi connectivity index (χ0v) is 28.2. The highest BCUT2D eigenvalue weighted by molar-refractivity contribution is 6.74. The van der Waals surface area contributed by atoms with E-state index in [1.54, 1.807) is 13.8 Å². The van der Waals surface area contributed by atoms with E-state index in [0.717, 1.165) is 12.8 Å². The number of hydrogen-bond acceptors (Lipinski definition) is 10. The van der Waals surface area contributed by atoms with E-state index in [9.17, 15) is 29.4 Å². The Balaban J connectivity index is 0.000000453. The van der Waals surface area contributed by atoms with Gasteiger partial charge in [-0.05, 0) is 43.8 Å². The maximum atomic E-state index is 12.0. The molecule has 2 heterocycles. The van der Waals surface area contributed by atoms with Crippen LogP contribution in [0.25, 0.3) is 0 Å². The van der Waals surface area contributed by atoms with E-state index in [4.69, 9.17) is 18.4 Å². The number of hydrogen-bond donors (Lipinski definition) is 3. The molecule has 2 atom stereocenters. The fourth-order valence-corrected chi connectivity index (χ4v) is 5.05. The molecule has 0 aliphatic carbocycles. The second-order valence-corrected chi connectivity index (χ2v) is 17.2. The molecule has 0 radical (unpaired) electrons. The number of aliphatic hydroxyl groups excluding tert-OH is 1. The maximum Gasteiger partial charge on any atom is 0.350 e. The summed E-state index contributed by atoms with van der Waals surface area (Å²) in [7, 11) is -1.75. The summed E-state index contributed by atoms with van der Waals surface area (Å²) in [4.78, 5) is 46.8. The molecule has 2 unspecified atom stereocenters. The highest BCUT2D eigenvalue weighted by Crippen LogP contribution is 2.37. The van der Waals surface area contributed by atoms with Crippen LogP contribution >= 0.6 is 0 Å². The van der Waals surface area contributed by atoms with Crippen LogP contribution in [-0.2, 0) is 4.43 Å². The zero-order valence-electron chi connectivity index (χ0n) is 27.2. The lowest BCUT2D eigenvalue weighted by atomic mass is 10.0. The van der Waals surface area contributed by atoms with Gasteiger partial charge < -0.3 is 28.6 Å². The van der Waals surface area contributed by atoms with Gasteiger partial charge in [0.1, 0.15) is 34.1 Å². The van der Waals surface area contributed by atoms with Crippen molar-refractivity contribution in [2.75, 3.05) is 13.2 Å². The summed E-state index contributed by atoms with van der Waals surface area (Å²) >= 11 is 0. The van der Waals surface area contributed by atoms with Crippen molar-refractivity contribution in [2.24, 2.45) is 0 Å². The van der Waals surface area contributed by atoms with Gasteiger partial charge in [0.05, 0.1) is 0 Å². The Labute approximate surface area is 255 Å². The highest BCUT2D eigenvalue weighted by atomic mass is 28.4. The predicted octanol–water partition coefficient (Wildman–Crippen LogP) is 6.66. The fourth-order valence-electron chi connectivity index (χ4n) is 3.97. The van der Waals surface area contributed by atoms with Crippen molar-refractivity contribution < 1.29 is 38.2 Å². The van der Waals surface area contributed by atoms with Crippen LogP contribution in [0.15, 0.2) is 30.6 Å². The van der Waals surface area contributed by atoms with Crippen molar-refractivity contribution in [1.29, 1.82) is 0 Å². The molecule has 0 spiro atoms. The molecule has 0 bridgehead atoms. The van der Waals surface area contributed by atoms with Crippen molar-refractivity contribution in [2.45, 2.75) is 117 Å².